The normalized spacial score (nSPS) is 12.3. The molecule has 0 atom stereocenters. The van der Waals surface area contributed by atoms with Gasteiger partial charge in [-0.25, -0.2) is 13.8 Å². The van der Waals surface area contributed by atoms with Crippen LogP contribution in [0.4, 0.5) is 5.69 Å². The van der Waals surface area contributed by atoms with Crippen LogP contribution in [0.2, 0.25) is 0 Å². The van der Waals surface area contributed by atoms with E-state index in [0.717, 1.165) is 21.1 Å². The lowest BCUT2D eigenvalue weighted by atomic mass is 9.80. The molecule has 0 spiro atoms. The molecule has 1 amide bonds. The number of carbonyl (C=O) groups is 1. The van der Waals surface area contributed by atoms with Crippen molar-refractivity contribution in [2.45, 2.75) is 51.3 Å². The summed E-state index contributed by atoms with van der Waals surface area (Å²) in [5, 5.41) is 4.27. The third kappa shape index (κ3) is 6.57. The highest BCUT2D eigenvalue weighted by atomic mass is 32.2. The summed E-state index contributed by atoms with van der Waals surface area (Å²) in [6, 6.07) is 23.8. The molecule has 0 bridgehead atoms. The smallest absolute Gasteiger partial charge is 0.264 e. The highest BCUT2D eigenvalue weighted by molar-refractivity contribution is 7.92. The number of para-hydroxylation sites is 1. The minimum atomic E-state index is -3.97. The number of carbonyl (C=O) groups excluding carboxylic acids is 1. The van der Waals surface area contributed by atoms with Gasteiger partial charge in [0.15, 0.2) is 0 Å². The number of sulfonamides is 1. The summed E-state index contributed by atoms with van der Waals surface area (Å²) >= 11 is 0. The van der Waals surface area contributed by atoms with E-state index in [1.165, 1.54) is 5.56 Å². The van der Waals surface area contributed by atoms with Crippen molar-refractivity contribution in [1.82, 2.24) is 5.43 Å². The Morgan fingerprint density at radius 3 is 2.14 bits per heavy atom. The maximum absolute atomic E-state index is 13.5. The largest absolute Gasteiger partial charge is 0.271 e. The van der Waals surface area contributed by atoms with Gasteiger partial charge in [-0.1, -0.05) is 80.1 Å². The van der Waals surface area contributed by atoms with Crippen molar-refractivity contribution in [3.8, 4) is 0 Å². The monoisotopic (exact) mass is 491 g/mol. The van der Waals surface area contributed by atoms with E-state index in [1.807, 2.05) is 51.1 Å². The summed E-state index contributed by atoms with van der Waals surface area (Å²) in [7, 11) is -3.97. The zero-order chi connectivity index (χ0) is 25.6. The summed E-state index contributed by atoms with van der Waals surface area (Å²) in [5.41, 5.74) is 6.46. The zero-order valence-corrected chi connectivity index (χ0v) is 21.8. The molecule has 1 N–H and O–H groups in total. The van der Waals surface area contributed by atoms with Crippen molar-refractivity contribution < 1.29 is 13.2 Å². The Morgan fingerprint density at radius 1 is 0.914 bits per heavy atom. The van der Waals surface area contributed by atoms with Crippen LogP contribution < -0.4 is 9.73 Å². The van der Waals surface area contributed by atoms with Crippen LogP contribution in [0.15, 0.2) is 88.9 Å². The third-order valence-electron chi connectivity index (χ3n) is 5.90. The molecule has 6 nitrogen and oxygen atoms in total. The highest BCUT2D eigenvalue weighted by Gasteiger charge is 2.28. The molecule has 35 heavy (non-hydrogen) atoms. The van der Waals surface area contributed by atoms with E-state index < -0.39 is 15.9 Å². The van der Waals surface area contributed by atoms with Gasteiger partial charge in [0.05, 0.1) is 10.6 Å². The molecular weight excluding hydrogens is 458 g/mol. The van der Waals surface area contributed by atoms with Crippen LogP contribution in [0.3, 0.4) is 0 Å². The molecule has 0 saturated carbocycles. The Balaban J connectivity index is 1.81. The maximum Gasteiger partial charge on any atom is 0.264 e. The topological polar surface area (TPSA) is 78.8 Å². The van der Waals surface area contributed by atoms with E-state index in [4.69, 9.17) is 0 Å². The molecule has 0 saturated heterocycles. The third-order valence-corrected chi connectivity index (χ3v) is 7.68. The Morgan fingerprint density at radius 2 is 1.51 bits per heavy atom. The summed E-state index contributed by atoms with van der Waals surface area (Å²) in [6.45, 7) is 9.42. The molecule has 0 aliphatic carbocycles. The fraction of sp³-hybridized carbons (Fsp3) is 0.286. The van der Waals surface area contributed by atoms with E-state index in [0.29, 0.717) is 12.1 Å². The molecule has 0 unspecified atom stereocenters. The molecule has 0 aliphatic rings. The average molecular weight is 492 g/mol. The molecule has 184 valence electrons. The summed E-state index contributed by atoms with van der Waals surface area (Å²) in [4.78, 5) is 13.0. The van der Waals surface area contributed by atoms with Gasteiger partial charge in [0, 0.05) is 5.71 Å². The van der Waals surface area contributed by atoms with Crippen molar-refractivity contribution in [1.29, 1.82) is 0 Å². The van der Waals surface area contributed by atoms with Crippen LogP contribution in [0.5, 0.6) is 0 Å². The van der Waals surface area contributed by atoms with E-state index in [2.05, 4.69) is 36.5 Å². The fourth-order valence-electron chi connectivity index (χ4n) is 3.97. The summed E-state index contributed by atoms with van der Waals surface area (Å²) in [5.74, 6) is -0.513. The Labute approximate surface area is 208 Å². The van der Waals surface area contributed by atoms with Gasteiger partial charge < -0.3 is 0 Å². The molecule has 0 aromatic heterocycles. The zero-order valence-electron chi connectivity index (χ0n) is 20.9. The first-order valence-electron chi connectivity index (χ1n) is 11.5. The van der Waals surface area contributed by atoms with E-state index in [-0.39, 0.29) is 16.9 Å². The van der Waals surface area contributed by atoms with Crippen LogP contribution in [0.25, 0.3) is 0 Å². The van der Waals surface area contributed by atoms with Crippen LogP contribution in [0.1, 0.15) is 43.9 Å². The van der Waals surface area contributed by atoms with Crippen molar-refractivity contribution in [3.05, 3.63) is 95.6 Å². The molecule has 0 radical (unpaired) electrons. The number of amides is 1. The van der Waals surface area contributed by atoms with Crippen molar-refractivity contribution in [2.24, 2.45) is 5.10 Å². The van der Waals surface area contributed by atoms with Gasteiger partial charge in [-0.15, -0.1) is 0 Å². The van der Waals surface area contributed by atoms with E-state index >= 15 is 0 Å². The molecule has 0 heterocycles. The lowest BCUT2D eigenvalue weighted by molar-refractivity contribution is -0.119. The number of hydrogen-bond acceptors (Lipinski definition) is 4. The van der Waals surface area contributed by atoms with Gasteiger partial charge >= 0.3 is 0 Å². The molecule has 0 aliphatic heterocycles. The number of rotatable bonds is 9. The maximum atomic E-state index is 13.5. The number of anilines is 1. The second-order valence-corrected chi connectivity index (χ2v) is 11.3. The summed E-state index contributed by atoms with van der Waals surface area (Å²) in [6.07, 6.45) is 0.639. The number of nitrogens with one attached hydrogen (secondary N) is 1. The van der Waals surface area contributed by atoms with Crippen molar-refractivity contribution in [3.63, 3.8) is 0 Å². The number of aryl methyl sites for hydroxylation is 2. The molecule has 3 rings (SSSR count). The minimum Gasteiger partial charge on any atom is -0.271 e. The fourth-order valence-corrected chi connectivity index (χ4v) is 5.46. The molecule has 3 aromatic carbocycles. The first-order valence-corrected chi connectivity index (χ1v) is 13.0. The number of hydrogen-bond donors (Lipinski definition) is 1. The van der Waals surface area contributed by atoms with Crippen LogP contribution in [-0.2, 0) is 20.2 Å². The van der Waals surface area contributed by atoms with Gasteiger partial charge in [0.25, 0.3) is 15.9 Å². The number of benzene rings is 3. The van der Waals surface area contributed by atoms with E-state index in [9.17, 15) is 13.2 Å². The first kappa shape index (κ1) is 26.2. The minimum absolute atomic E-state index is 0.128. The predicted octanol–water partition coefficient (Wildman–Crippen LogP) is 5.36. The molecular formula is C28H33N3O3S. The lowest BCUT2D eigenvalue weighted by Crippen LogP contribution is -2.40. The quantitative estimate of drug-likeness (QED) is 0.323. The highest BCUT2D eigenvalue weighted by Crippen LogP contribution is 2.28. The standard InChI is InChI=1S/C28H33N3O3S/c1-21-15-17-25(18-16-21)35(33,34)31(26-14-10-9-11-22(26)2)20-27(32)30-29-23(3)19-28(4,5)24-12-7-6-8-13-24/h6-18H,19-20H2,1-5H3,(H,30,32)/b29-23-. The molecule has 7 heteroatoms. The Kier molecular flexibility index (Phi) is 8.12. The van der Waals surface area contributed by atoms with Gasteiger partial charge in [-0.2, -0.15) is 5.10 Å². The number of hydrazone groups is 1. The average Bonchev–Trinajstić information content (AvgIpc) is 2.82. The second-order valence-electron chi connectivity index (χ2n) is 9.42. The van der Waals surface area contributed by atoms with Crippen LogP contribution in [-0.4, -0.2) is 26.6 Å². The SMILES string of the molecule is C/C(CC(C)(C)c1ccccc1)=N/NC(=O)CN(c1ccccc1C)S(=O)(=O)c1ccc(C)cc1. The molecule has 3 aromatic rings. The molecule has 0 fully saturated rings. The van der Waals surface area contributed by atoms with Crippen LogP contribution in [0, 0.1) is 13.8 Å². The van der Waals surface area contributed by atoms with Gasteiger partial charge in [0.2, 0.25) is 0 Å². The Hall–Kier alpha value is -3.45. The lowest BCUT2D eigenvalue weighted by Gasteiger charge is -2.26. The second kappa shape index (κ2) is 10.9. The Bertz CT molecular complexity index is 1300. The van der Waals surface area contributed by atoms with Gasteiger partial charge in [-0.3, -0.25) is 9.10 Å². The van der Waals surface area contributed by atoms with E-state index in [1.54, 1.807) is 36.4 Å². The van der Waals surface area contributed by atoms with Crippen molar-refractivity contribution >= 4 is 27.3 Å². The van der Waals surface area contributed by atoms with Crippen LogP contribution >= 0.6 is 0 Å². The number of nitrogens with zero attached hydrogens (tertiary/aromatic N) is 2. The predicted molar refractivity (Wildman–Crippen MR) is 142 cm³/mol. The van der Waals surface area contributed by atoms with Crippen molar-refractivity contribution in [2.75, 3.05) is 10.8 Å². The van der Waals surface area contributed by atoms with Gasteiger partial charge in [0.1, 0.15) is 6.54 Å². The first-order chi connectivity index (χ1) is 16.5. The van der Waals surface area contributed by atoms with Gasteiger partial charge in [-0.05, 0) is 61.9 Å². The summed E-state index contributed by atoms with van der Waals surface area (Å²) < 4.78 is 28.2.